The van der Waals surface area contributed by atoms with Gasteiger partial charge in [-0.3, -0.25) is 9.69 Å². The number of aryl methyl sites for hydroxylation is 1. The van der Waals surface area contributed by atoms with E-state index in [9.17, 15) is 4.79 Å². The number of nitrogens with one attached hydrogen (secondary N) is 1. The van der Waals surface area contributed by atoms with E-state index in [1.807, 2.05) is 19.1 Å². The summed E-state index contributed by atoms with van der Waals surface area (Å²) in [6, 6.07) is 4.79. The number of amides is 1. The fourth-order valence-electron chi connectivity index (χ4n) is 2.51. The highest BCUT2D eigenvalue weighted by molar-refractivity contribution is 5.91. The lowest BCUT2D eigenvalue weighted by Crippen LogP contribution is -2.39. The number of carbonyl (C=O) groups is 1. The second kappa shape index (κ2) is 6.87. The topological polar surface area (TPSA) is 45.2 Å². The maximum Gasteiger partial charge on any atom is 0.239 e. The minimum atomic E-state index is 0. The zero-order valence-corrected chi connectivity index (χ0v) is 12.5. The lowest BCUT2D eigenvalue weighted by molar-refractivity contribution is -0.117. The van der Waals surface area contributed by atoms with Crippen molar-refractivity contribution in [3.63, 3.8) is 0 Å². The SMILES string of the molecule is Cc1ccnc(NC(=O)CN2C(C)CCC2C)c1.Cl. The van der Waals surface area contributed by atoms with Crippen molar-refractivity contribution in [2.75, 3.05) is 11.9 Å². The summed E-state index contributed by atoms with van der Waals surface area (Å²) < 4.78 is 0. The molecule has 19 heavy (non-hydrogen) atoms. The van der Waals surface area contributed by atoms with Gasteiger partial charge in [0.1, 0.15) is 5.82 Å². The average Bonchev–Trinajstić information content (AvgIpc) is 2.61. The van der Waals surface area contributed by atoms with Gasteiger partial charge in [-0.25, -0.2) is 4.98 Å². The number of likely N-dealkylation sites (tertiary alicyclic amines) is 1. The Kier molecular flexibility index (Phi) is 5.76. The molecule has 0 radical (unpaired) electrons. The number of hydrogen-bond donors (Lipinski definition) is 1. The van der Waals surface area contributed by atoms with Gasteiger partial charge in [-0.05, 0) is 51.3 Å². The van der Waals surface area contributed by atoms with Crippen LogP contribution in [0.25, 0.3) is 0 Å². The molecule has 2 rings (SSSR count). The van der Waals surface area contributed by atoms with Crippen LogP contribution in [0.2, 0.25) is 0 Å². The second-order valence-corrected chi connectivity index (χ2v) is 5.21. The van der Waals surface area contributed by atoms with Gasteiger partial charge in [0.2, 0.25) is 5.91 Å². The van der Waals surface area contributed by atoms with Crippen molar-refractivity contribution in [2.45, 2.75) is 45.7 Å². The van der Waals surface area contributed by atoms with Gasteiger partial charge in [0.05, 0.1) is 6.54 Å². The van der Waals surface area contributed by atoms with E-state index in [0.717, 1.165) is 5.56 Å². The quantitative estimate of drug-likeness (QED) is 0.927. The Bertz CT molecular complexity index is 428. The minimum absolute atomic E-state index is 0. The summed E-state index contributed by atoms with van der Waals surface area (Å²) in [6.45, 7) is 6.81. The third-order valence-corrected chi connectivity index (χ3v) is 3.64. The summed E-state index contributed by atoms with van der Waals surface area (Å²) in [7, 11) is 0. The molecule has 1 N–H and O–H groups in total. The molecular weight excluding hydrogens is 262 g/mol. The average molecular weight is 284 g/mol. The number of rotatable bonds is 3. The Hall–Kier alpha value is -1.13. The predicted molar refractivity (Wildman–Crippen MR) is 79.7 cm³/mol. The Morgan fingerprint density at radius 3 is 2.63 bits per heavy atom. The van der Waals surface area contributed by atoms with E-state index in [4.69, 9.17) is 0 Å². The number of anilines is 1. The van der Waals surface area contributed by atoms with Crippen LogP contribution in [0.5, 0.6) is 0 Å². The van der Waals surface area contributed by atoms with Crippen molar-refractivity contribution in [3.8, 4) is 0 Å². The van der Waals surface area contributed by atoms with Crippen molar-refractivity contribution in [2.24, 2.45) is 0 Å². The van der Waals surface area contributed by atoms with Gasteiger partial charge in [-0.2, -0.15) is 0 Å². The third kappa shape index (κ3) is 4.18. The van der Waals surface area contributed by atoms with Crippen LogP contribution in [0.4, 0.5) is 5.82 Å². The normalized spacial score (nSPS) is 22.9. The van der Waals surface area contributed by atoms with Crippen LogP contribution in [0.1, 0.15) is 32.3 Å². The monoisotopic (exact) mass is 283 g/mol. The van der Waals surface area contributed by atoms with Gasteiger partial charge in [0, 0.05) is 18.3 Å². The van der Waals surface area contributed by atoms with Gasteiger partial charge >= 0.3 is 0 Å². The zero-order valence-electron chi connectivity index (χ0n) is 11.7. The van der Waals surface area contributed by atoms with E-state index < -0.39 is 0 Å². The van der Waals surface area contributed by atoms with Gasteiger partial charge in [0.15, 0.2) is 0 Å². The molecule has 0 aromatic carbocycles. The summed E-state index contributed by atoms with van der Waals surface area (Å²) in [5.74, 6) is 0.660. The molecule has 2 atom stereocenters. The Labute approximate surface area is 121 Å². The summed E-state index contributed by atoms with van der Waals surface area (Å²) >= 11 is 0. The van der Waals surface area contributed by atoms with E-state index in [-0.39, 0.29) is 18.3 Å². The molecule has 2 unspecified atom stereocenters. The number of halogens is 1. The molecule has 1 fully saturated rings. The van der Waals surface area contributed by atoms with Gasteiger partial charge < -0.3 is 5.32 Å². The first-order valence-corrected chi connectivity index (χ1v) is 6.54. The molecule has 106 valence electrons. The zero-order chi connectivity index (χ0) is 13.1. The van der Waals surface area contributed by atoms with Crippen LogP contribution in [0.3, 0.4) is 0 Å². The highest BCUT2D eigenvalue weighted by Crippen LogP contribution is 2.22. The van der Waals surface area contributed by atoms with E-state index in [1.54, 1.807) is 6.20 Å². The van der Waals surface area contributed by atoms with Crippen LogP contribution in [0, 0.1) is 6.92 Å². The van der Waals surface area contributed by atoms with E-state index in [0.29, 0.717) is 24.4 Å². The molecule has 0 spiro atoms. The van der Waals surface area contributed by atoms with Gasteiger partial charge in [-0.1, -0.05) is 0 Å². The van der Waals surface area contributed by atoms with E-state index in [2.05, 4.69) is 29.0 Å². The molecule has 1 aromatic rings. The number of carbonyl (C=O) groups excluding carboxylic acids is 1. The first-order chi connectivity index (χ1) is 8.56. The molecule has 0 bridgehead atoms. The summed E-state index contributed by atoms with van der Waals surface area (Å²) in [4.78, 5) is 18.4. The first kappa shape index (κ1) is 15.9. The number of nitrogens with zero attached hydrogens (tertiary/aromatic N) is 2. The molecule has 1 amide bonds. The van der Waals surface area contributed by atoms with E-state index in [1.165, 1.54) is 12.8 Å². The fraction of sp³-hybridized carbons (Fsp3) is 0.571. The largest absolute Gasteiger partial charge is 0.310 e. The van der Waals surface area contributed by atoms with Crippen molar-refractivity contribution in [3.05, 3.63) is 23.9 Å². The number of pyridine rings is 1. The lowest BCUT2D eigenvalue weighted by atomic mass is 10.2. The van der Waals surface area contributed by atoms with Gasteiger partial charge in [-0.15, -0.1) is 12.4 Å². The Morgan fingerprint density at radius 1 is 1.42 bits per heavy atom. The fourth-order valence-corrected chi connectivity index (χ4v) is 2.51. The summed E-state index contributed by atoms with van der Waals surface area (Å²) in [5, 5.41) is 2.86. The molecule has 0 aliphatic carbocycles. The standard InChI is InChI=1S/C14H21N3O.ClH/c1-10-6-7-15-13(8-10)16-14(18)9-17-11(2)4-5-12(17)3;/h6-8,11-12H,4-5,9H2,1-3H3,(H,15,16,18);1H. The lowest BCUT2D eigenvalue weighted by Gasteiger charge is -2.24. The molecule has 5 heteroatoms. The Morgan fingerprint density at radius 2 is 2.05 bits per heavy atom. The maximum atomic E-state index is 12.0. The summed E-state index contributed by atoms with van der Waals surface area (Å²) in [6.07, 6.45) is 4.07. The van der Waals surface area contributed by atoms with Crippen molar-refractivity contribution < 1.29 is 4.79 Å². The highest BCUT2D eigenvalue weighted by Gasteiger charge is 2.28. The molecule has 1 saturated heterocycles. The van der Waals surface area contributed by atoms with E-state index >= 15 is 0 Å². The predicted octanol–water partition coefficient (Wildman–Crippen LogP) is 2.62. The molecule has 4 nitrogen and oxygen atoms in total. The molecular formula is C14H22ClN3O. The molecule has 1 aliphatic rings. The number of hydrogen-bond acceptors (Lipinski definition) is 3. The number of aromatic nitrogens is 1. The van der Waals surface area contributed by atoms with Crippen LogP contribution in [-0.4, -0.2) is 34.4 Å². The highest BCUT2D eigenvalue weighted by atomic mass is 35.5. The van der Waals surface area contributed by atoms with Crippen LogP contribution in [0.15, 0.2) is 18.3 Å². The maximum absolute atomic E-state index is 12.0. The van der Waals surface area contributed by atoms with Crippen molar-refractivity contribution in [1.82, 2.24) is 9.88 Å². The van der Waals surface area contributed by atoms with Crippen LogP contribution >= 0.6 is 12.4 Å². The molecule has 0 saturated carbocycles. The smallest absolute Gasteiger partial charge is 0.239 e. The van der Waals surface area contributed by atoms with Crippen LogP contribution in [-0.2, 0) is 4.79 Å². The minimum Gasteiger partial charge on any atom is -0.310 e. The molecule has 2 heterocycles. The van der Waals surface area contributed by atoms with Crippen LogP contribution < -0.4 is 5.32 Å². The van der Waals surface area contributed by atoms with Crippen molar-refractivity contribution >= 4 is 24.1 Å². The third-order valence-electron chi connectivity index (χ3n) is 3.64. The summed E-state index contributed by atoms with van der Waals surface area (Å²) in [5.41, 5.74) is 1.10. The van der Waals surface area contributed by atoms with Gasteiger partial charge in [0.25, 0.3) is 0 Å². The Balaban J connectivity index is 0.00000180. The second-order valence-electron chi connectivity index (χ2n) is 5.21. The molecule has 1 aromatic heterocycles. The molecule has 1 aliphatic heterocycles. The first-order valence-electron chi connectivity index (χ1n) is 6.54. The van der Waals surface area contributed by atoms with Crippen molar-refractivity contribution in [1.29, 1.82) is 0 Å².